The number of esters is 2. The fourth-order valence-corrected chi connectivity index (χ4v) is 27.2. The summed E-state index contributed by atoms with van der Waals surface area (Å²) in [5.41, 5.74) is 2.50. The minimum Gasteiger partial charge on any atom is -0.459 e. The molecule has 0 aromatic heterocycles. The summed E-state index contributed by atoms with van der Waals surface area (Å²) < 4.78 is 10.8. The predicted molar refractivity (Wildman–Crippen MR) is 520 cm³/mol. The van der Waals surface area contributed by atoms with Crippen molar-refractivity contribution in [3.05, 3.63) is 99.2 Å². The van der Waals surface area contributed by atoms with E-state index in [2.05, 4.69) is 75.1 Å². The molecule has 714 valence electrons. The number of nitrogens with one attached hydrogen (secondary N) is 2. The number of fused-ring (bicyclic) bond motifs is 8. The van der Waals surface area contributed by atoms with E-state index in [1.807, 2.05) is 49.7 Å². The van der Waals surface area contributed by atoms with E-state index in [-0.39, 0.29) is 59.6 Å². The van der Waals surface area contributed by atoms with Gasteiger partial charge in [0.2, 0.25) is 35.4 Å². The molecule has 2 N–H and O–H groups in total. The van der Waals surface area contributed by atoms with Gasteiger partial charge in [0.25, 0.3) is 0 Å². The first kappa shape index (κ1) is 104. The number of hydrogen-bond acceptors (Lipinski definition) is 10. The van der Waals surface area contributed by atoms with Crippen molar-refractivity contribution in [2.45, 2.75) is 430 Å². The number of carbonyl (C=O) groups is 8. The van der Waals surface area contributed by atoms with Crippen molar-refractivity contribution in [1.82, 2.24) is 30.2 Å². The molecule has 127 heavy (non-hydrogen) atoms. The van der Waals surface area contributed by atoms with Gasteiger partial charge in [0.05, 0.1) is 0 Å². The Morgan fingerprint density at radius 2 is 0.583 bits per heavy atom. The fraction of sp³-hybridized carbons (Fsp3) is 0.784. The number of ether oxygens (including phenoxy) is 2. The van der Waals surface area contributed by atoms with Gasteiger partial charge in [0, 0.05) is 92.3 Å². The van der Waals surface area contributed by atoms with Gasteiger partial charge in [-0.25, -0.2) is 9.59 Å². The Labute approximate surface area is 772 Å². The normalized spacial score (nSPS) is 33.9. The molecule has 16 nitrogen and oxygen atoms in total. The molecule has 16 aliphatic rings. The highest BCUT2D eigenvalue weighted by atomic mass is 16.5. The molecule has 24 atom stereocenters. The Morgan fingerprint density at radius 3 is 0.913 bits per heavy atom. The zero-order valence-electron chi connectivity index (χ0n) is 81.6. The lowest BCUT2D eigenvalue weighted by Crippen LogP contribution is -2.44. The van der Waals surface area contributed by atoms with Gasteiger partial charge in [-0.15, -0.1) is 0 Å². The molecule has 0 bridgehead atoms. The van der Waals surface area contributed by atoms with E-state index in [4.69, 9.17) is 9.47 Å². The molecule has 6 amide bonds. The maximum atomic E-state index is 12.1. The summed E-state index contributed by atoms with van der Waals surface area (Å²) in [6.45, 7) is 39.0. The van der Waals surface area contributed by atoms with Crippen LogP contribution in [0.1, 0.15) is 381 Å². The highest BCUT2D eigenvalue weighted by Gasteiger charge is 2.43. The van der Waals surface area contributed by atoms with Crippen LogP contribution >= 0.6 is 0 Å². The van der Waals surface area contributed by atoms with Crippen molar-refractivity contribution >= 4 is 47.4 Å². The van der Waals surface area contributed by atoms with Crippen LogP contribution in [0, 0.1) is 94.7 Å². The fourth-order valence-electron chi connectivity index (χ4n) is 27.2. The third kappa shape index (κ3) is 32.5. The molecular weight excluding hydrogens is 1580 g/mol. The minimum absolute atomic E-state index is 0.00532. The zero-order valence-corrected chi connectivity index (χ0v) is 81.6. The van der Waals surface area contributed by atoms with E-state index >= 15 is 0 Å². The van der Waals surface area contributed by atoms with Crippen molar-refractivity contribution in [2.24, 2.45) is 94.7 Å². The van der Waals surface area contributed by atoms with Gasteiger partial charge in [0.1, 0.15) is 12.2 Å². The first-order chi connectivity index (χ1) is 61.1. The van der Waals surface area contributed by atoms with E-state index < -0.39 is 0 Å². The topological polar surface area (TPSA) is 192 Å². The van der Waals surface area contributed by atoms with Crippen LogP contribution < -0.4 is 10.6 Å². The quantitative estimate of drug-likeness (QED) is 0.105. The van der Waals surface area contributed by atoms with Crippen LogP contribution in [0.15, 0.2) is 99.2 Å². The second-order valence-electron chi connectivity index (χ2n) is 43.2. The third-order valence-corrected chi connectivity index (χ3v) is 34.7. The van der Waals surface area contributed by atoms with Crippen molar-refractivity contribution in [3.8, 4) is 0 Å². The lowest BCUT2D eigenvalue weighted by Gasteiger charge is -2.42. The molecular formula is C111H180N6O10. The third-order valence-electron chi connectivity index (χ3n) is 34.7. The Kier molecular flexibility index (Phi) is 44.4. The molecule has 16 fully saturated rings. The summed E-state index contributed by atoms with van der Waals surface area (Å²) in [4.78, 5) is 100. The number of likely N-dealkylation sites (N-methyl/N-ethyl adjacent to an activating group) is 4. The summed E-state index contributed by atoms with van der Waals surface area (Å²) in [7, 11) is 5.80. The molecule has 0 radical (unpaired) electrons. The van der Waals surface area contributed by atoms with E-state index in [0.29, 0.717) is 58.5 Å². The van der Waals surface area contributed by atoms with E-state index in [9.17, 15) is 38.4 Å². The van der Waals surface area contributed by atoms with Crippen LogP contribution in [0.4, 0.5) is 0 Å². The molecule has 0 aromatic carbocycles. The van der Waals surface area contributed by atoms with Crippen molar-refractivity contribution < 1.29 is 47.8 Å². The van der Waals surface area contributed by atoms with E-state index in [0.717, 1.165) is 127 Å². The highest BCUT2D eigenvalue weighted by Crippen LogP contribution is 2.49. The largest absolute Gasteiger partial charge is 0.459 e. The molecule has 16 saturated carbocycles. The molecule has 0 saturated heterocycles. The summed E-state index contributed by atoms with van der Waals surface area (Å²) in [6, 6.07) is 2.68. The zero-order chi connectivity index (χ0) is 91.6. The van der Waals surface area contributed by atoms with Crippen molar-refractivity contribution in [1.29, 1.82) is 0 Å². The number of amides is 6. The number of carbonyl (C=O) groups excluding carboxylic acids is 8. The minimum atomic E-state index is -0.255. The molecule has 0 spiro atoms. The SMILES string of the molecule is C=C(C)C(=O)N(C)C1CCC2CCCCC2C1.C=C(C)C(=O)N(CC)C1CCC2CCCC2C1.C=C(C)C(=O)NC1CCC2CCCCC2C1.C=C(C)C(=O)OC1CCC2CCCCC2C1.C=CC(=O)N(C)C1CCC2CCCC2C1.C=CC(=O)N(C)C1CCC2CCCCC2C1.C=CC(=O)NC1CCC2CCCCC2C1.C=CC(=O)OC1CCC2CCCCC2C1. The molecule has 16 heteroatoms. The lowest BCUT2D eigenvalue weighted by atomic mass is 9.69. The lowest BCUT2D eigenvalue weighted by molar-refractivity contribution is -0.148. The number of hydrogen-bond donors (Lipinski definition) is 2. The summed E-state index contributed by atoms with van der Waals surface area (Å²) in [6.07, 6.45) is 76.9. The standard InChI is InChI=1S/2C15H25NO.2C14H23NO.C14H22O2.2C13H21NO.C13H20O2/c1-11(2)15(17)16(3)14-9-8-12-6-4-5-7-13(12)10-14;1-4-16(15(17)11(2)3)14-9-8-12-6-5-7-13(12)10-14;1-10(2)14(16)15-13-8-7-11-5-3-4-6-12(11)9-13;1-3-14(16)15(2)13-9-8-11-6-4-5-7-12(11)10-13;1-10(2)14(15)16-13-8-7-11-5-3-4-6-12(11)9-13;1-3-13(15)14(2)12-8-7-10-5-4-6-11(10)9-12;1-2-13(15)14-12-8-7-10-5-3-4-6-11(10)9-12;1-2-13(14)15-12-8-7-10-5-3-4-6-11(10)9-12/h12-14H,1,4-10H2,2-3H3;12-14H,2,4-10H2,1,3H3;11-13H,1,3-9H2,2H3,(H,15,16);3,11-13H,1,4-10H2,2H3;11-13H,1,3-9H2,2H3;3,10-12H,1,4-9H2,2H3;2,10-12H,1,3-9H2,(H,14,15);2,10-12H,1,3-9H2. The molecule has 16 aliphatic carbocycles. The van der Waals surface area contributed by atoms with Gasteiger partial charge in [-0.2, -0.15) is 0 Å². The van der Waals surface area contributed by atoms with Gasteiger partial charge in [-0.1, -0.05) is 245 Å². The average Bonchev–Trinajstić information content (AvgIpc) is 1.25. The molecule has 24 unspecified atom stereocenters. The van der Waals surface area contributed by atoms with Gasteiger partial charge in [-0.05, 0) is 302 Å². The van der Waals surface area contributed by atoms with Gasteiger partial charge < -0.3 is 39.7 Å². The summed E-state index contributed by atoms with van der Waals surface area (Å²) in [5.74, 6) is 14.5. The van der Waals surface area contributed by atoms with Crippen LogP contribution in [-0.4, -0.2) is 143 Å². The van der Waals surface area contributed by atoms with Crippen LogP contribution in [0.3, 0.4) is 0 Å². The Morgan fingerprint density at radius 1 is 0.291 bits per heavy atom. The van der Waals surface area contributed by atoms with Gasteiger partial charge in [0.15, 0.2) is 0 Å². The predicted octanol–water partition coefficient (Wildman–Crippen LogP) is 24.6. The Bertz CT molecular complexity index is 3470. The van der Waals surface area contributed by atoms with E-state index in [1.165, 1.54) is 345 Å². The second-order valence-corrected chi connectivity index (χ2v) is 43.2. The highest BCUT2D eigenvalue weighted by molar-refractivity contribution is 5.93. The van der Waals surface area contributed by atoms with E-state index in [1.54, 1.807) is 13.8 Å². The van der Waals surface area contributed by atoms with Crippen LogP contribution in [0.2, 0.25) is 0 Å². The maximum Gasteiger partial charge on any atom is 0.333 e. The monoisotopic (exact) mass is 1760 g/mol. The second kappa shape index (κ2) is 54.0. The summed E-state index contributed by atoms with van der Waals surface area (Å²) >= 11 is 0. The Hall–Kier alpha value is -6.32. The summed E-state index contributed by atoms with van der Waals surface area (Å²) in [5, 5.41) is 6.16. The smallest absolute Gasteiger partial charge is 0.333 e. The van der Waals surface area contributed by atoms with Crippen LogP contribution in [0.25, 0.3) is 0 Å². The maximum absolute atomic E-state index is 12.1. The van der Waals surface area contributed by atoms with Gasteiger partial charge in [-0.3, -0.25) is 28.8 Å². The molecule has 0 aromatic rings. The first-order valence-corrected chi connectivity index (χ1v) is 52.3. The molecule has 16 rings (SSSR count). The average molecular weight is 1760 g/mol. The number of nitrogens with zero attached hydrogens (tertiary/aromatic N) is 4. The van der Waals surface area contributed by atoms with Crippen molar-refractivity contribution in [3.63, 3.8) is 0 Å². The van der Waals surface area contributed by atoms with Gasteiger partial charge >= 0.3 is 11.9 Å². The first-order valence-electron chi connectivity index (χ1n) is 52.3. The number of rotatable bonds is 17. The molecule has 0 aliphatic heterocycles. The Balaban J connectivity index is 0.000000164. The van der Waals surface area contributed by atoms with Crippen molar-refractivity contribution in [2.75, 3.05) is 27.7 Å². The van der Waals surface area contributed by atoms with Crippen LogP contribution in [-0.2, 0) is 47.8 Å². The molecule has 0 heterocycles. The van der Waals surface area contributed by atoms with Crippen LogP contribution in [0.5, 0.6) is 0 Å².